The maximum Gasteiger partial charge on any atom is 0.143 e. The topological polar surface area (TPSA) is 16.4 Å². The van der Waals surface area contributed by atoms with Crippen LogP contribution in [0.15, 0.2) is 199 Å². The molecule has 10 rings (SSSR count). The Hall–Kier alpha value is -6.90. The van der Waals surface area contributed by atoms with Gasteiger partial charge in [0.2, 0.25) is 0 Å². The number of hydrogen-bond donors (Lipinski definition) is 0. The number of rotatable bonds is 6. The molecule has 0 radical (unpaired) electrons. The third-order valence-corrected chi connectivity index (χ3v) is 11.2. The molecule has 0 aliphatic heterocycles. The Bertz CT molecular complexity index is 3050. The first kappa shape index (κ1) is 33.7. The SMILES string of the molecule is CC(C)(C)c1cccc2c1oc1c(-c3ccc(N(c4ccc(-c5cccc6ccccc56)cc4)c4ccccc4-c4ccc5ccccc5c4)cc3)cccc12. The highest BCUT2D eigenvalue weighted by atomic mass is 16.3. The van der Waals surface area contributed by atoms with E-state index >= 15 is 0 Å². The van der Waals surface area contributed by atoms with Crippen molar-refractivity contribution in [2.75, 3.05) is 4.90 Å². The lowest BCUT2D eigenvalue weighted by molar-refractivity contribution is 0.573. The fourth-order valence-electron chi connectivity index (χ4n) is 8.39. The quantitative estimate of drug-likeness (QED) is 0.170. The molecule has 0 saturated heterocycles. The lowest BCUT2D eigenvalue weighted by Gasteiger charge is -2.28. The summed E-state index contributed by atoms with van der Waals surface area (Å²) < 4.78 is 6.77. The van der Waals surface area contributed by atoms with Crippen molar-refractivity contribution in [3.05, 3.63) is 200 Å². The Balaban J connectivity index is 1.11. The Kier molecular flexibility index (Phi) is 8.08. The molecule has 2 heteroatoms. The predicted octanol–water partition coefficient (Wildman–Crippen LogP) is 15.7. The van der Waals surface area contributed by atoms with E-state index in [2.05, 4.69) is 220 Å². The smallest absolute Gasteiger partial charge is 0.143 e. The normalized spacial score (nSPS) is 11.8. The van der Waals surface area contributed by atoms with Crippen molar-refractivity contribution in [2.45, 2.75) is 26.2 Å². The minimum atomic E-state index is -0.0329. The van der Waals surface area contributed by atoms with Crippen LogP contribution in [-0.2, 0) is 5.41 Å². The van der Waals surface area contributed by atoms with Gasteiger partial charge >= 0.3 is 0 Å². The summed E-state index contributed by atoms with van der Waals surface area (Å²) in [7, 11) is 0. The monoisotopic (exact) mass is 719 g/mol. The maximum absolute atomic E-state index is 6.77. The molecule has 1 aromatic heterocycles. The first-order valence-corrected chi connectivity index (χ1v) is 19.4. The maximum atomic E-state index is 6.77. The summed E-state index contributed by atoms with van der Waals surface area (Å²) in [5.41, 5.74) is 13.3. The molecule has 56 heavy (non-hydrogen) atoms. The van der Waals surface area contributed by atoms with Crippen molar-refractivity contribution in [3.63, 3.8) is 0 Å². The predicted molar refractivity (Wildman–Crippen MR) is 238 cm³/mol. The van der Waals surface area contributed by atoms with Gasteiger partial charge in [-0.25, -0.2) is 0 Å². The number of nitrogens with zero attached hydrogens (tertiary/aromatic N) is 1. The van der Waals surface area contributed by atoms with Gasteiger partial charge in [-0.15, -0.1) is 0 Å². The highest BCUT2D eigenvalue weighted by Crippen LogP contribution is 2.44. The molecule has 2 nitrogen and oxygen atoms in total. The standard InChI is InChI=1S/C54H41NO/c1-54(2,3)50-23-12-22-49-48-21-11-20-47(52(48)56-53(49)50)39-29-33-43(34-30-39)55(42-31-27-38(28-32-42)45-19-10-16-37-14-6-7-17-44(37)45)51-24-9-8-18-46(51)41-26-25-36-13-4-5-15-40(36)35-41/h4-35H,1-3H3. The third-order valence-electron chi connectivity index (χ3n) is 11.2. The molecule has 10 aromatic rings. The molecule has 0 aliphatic carbocycles. The number of anilines is 3. The van der Waals surface area contributed by atoms with Crippen molar-refractivity contribution in [2.24, 2.45) is 0 Å². The molecule has 268 valence electrons. The summed E-state index contributed by atoms with van der Waals surface area (Å²) in [6.45, 7) is 6.74. The zero-order chi connectivity index (χ0) is 37.8. The largest absolute Gasteiger partial charge is 0.455 e. The Morgan fingerprint density at radius 1 is 0.375 bits per heavy atom. The van der Waals surface area contributed by atoms with Crippen LogP contribution in [0, 0.1) is 0 Å². The molecule has 0 amide bonds. The molecule has 0 N–H and O–H groups in total. The lowest BCUT2D eigenvalue weighted by Crippen LogP contribution is -2.11. The van der Waals surface area contributed by atoms with Gasteiger partial charge in [0, 0.05) is 38.8 Å². The van der Waals surface area contributed by atoms with E-state index in [0.717, 1.165) is 50.1 Å². The van der Waals surface area contributed by atoms with Crippen molar-refractivity contribution >= 4 is 60.5 Å². The van der Waals surface area contributed by atoms with Crippen LogP contribution in [0.1, 0.15) is 26.3 Å². The molecule has 0 saturated carbocycles. The molecular weight excluding hydrogens is 679 g/mol. The van der Waals surface area contributed by atoms with Gasteiger partial charge in [-0.3, -0.25) is 0 Å². The van der Waals surface area contributed by atoms with Gasteiger partial charge in [-0.2, -0.15) is 0 Å². The number of fused-ring (bicyclic) bond motifs is 5. The van der Waals surface area contributed by atoms with Gasteiger partial charge in [0.25, 0.3) is 0 Å². The molecule has 0 bridgehead atoms. The van der Waals surface area contributed by atoms with Crippen LogP contribution >= 0.6 is 0 Å². The second kappa shape index (κ2) is 13.4. The lowest BCUT2D eigenvalue weighted by atomic mass is 9.86. The summed E-state index contributed by atoms with van der Waals surface area (Å²) in [5, 5.41) is 7.27. The van der Waals surface area contributed by atoms with Crippen LogP contribution in [0.5, 0.6) is 0 Å². The minimum Gasteiger partial charge on any atom is -0.455 e. The molecule has 0 atom stereocenters. The second-order valence-corrected chi connectivity index (χ2v) is 15.8. The second-order valence-electron chi connectivity index (χ2n) is 15.8. The number of hydrogen-bond acceptors (Lipinski definition) is 2. The van der Waals surface area contributed by atoms with E-state index < -0.39 is 0 Å². The fraction of sp³-hybridized carbons (Fsp3) is 0.0741. The van der Waals surface area contributed by atoms with Gasteiger partial charge in [-0.05, 0) is 85.6 Å². The highest BCUT2D eigenvalue weighted by Gasteiger charge is 2.22. The number of para-hydroxylation sites is 3. The van der Waals surface area contributed by atoms with E-state index in [0.29, 0.717) is 0 Å². The Morgan fingerprint density at radius 3 is 1.64 bits per heavy atom. The summed E-state index contributed by atoms with van der Waals surface area (Å²) in [6.07, 6.45) is 0. The zero-order valence-corrected chi connectivity index (χ0v) is 31.8. The van der Waals surface area contributed by atoms with Crippen LogP contribution in [0.3, 0.4) is 0 Å². The van der Waals surface area contributed by atoms with Crippen molar-refractivity contribution in [1.82, 2.24) is 0 Å². The third kappa shape index (κ3) is 5.82. The van der Waals surface area contributed by atoms with Gasteiger partial charge in [-0.1, -0.05) is 178 Å². The van der Waals surface area contributed by atoms with Crippen LogP contribution < -0.4 is 4.90 Å². The van der Waals surface area contributed by atoms with Gasteiger partial charge in [0.05, 0.1) is 5.69 Å². The molecule has 9 aromatic carbocycles. The van der Waals surface area contributed by atoms with E-state index in [9.17, 15) is 0 Å². The van der Waals surface area contributed by atoms with Crippen molar-refractivity contribution < 1.29 is 4.42 Å². The van der Waals surface area contributed by atoms with Crippen LogP contribution in [0.2, 0.25) is 0 Å². The van der Waals surface area contributed by atoms with E-state index in [1.807, 2.05) is 0 Å². The average Bonchev–Trinajstić information content (AvgIpc) is 3.63. The zero-order valence-electron chi connectivity index (χ0n) is 31.8. The average molecular weight is 720 g/mol. The van der Waals surface area contributed by atoms with E-state index in [1.54, 1.807) is 0 Å². The highest BCUT2D eigenvalue weighted by molar-refractivity contribution is 6.10. The van der Waals surface area contributed by atoms with Gasteiger partial charge < -0.3 is 9.32 Å². The van der Waals surface area contributed by atoms with Crippen molar-refractivity contribution in [1.29, 1.82) is 0 Å². The summed E-state index contributed by atoms with van der Waals surface area (Å²) in [5.74, 6) is 0. The minimum absolute atomic E-state index is 0.0329. The number of benzene rings is 9. The van der Waals surface area contributed by atoms with Gasteiger partial charge in [0.15, 0.2) is 0 Å². The molecule has 0 spiro atoms. The summed E-state index contributed by atoms with van der Waals surface area (Å²) >= 11 is 0. The van der Waals surface area contributed by atoms with Crippen molar-refractivity contribution in [3.8, 4) is 33.4 Å². The molecule has 1 heterocycles. The molecule has 0 fully saturated rings. The Labute approximate surface area is 327 Å². The van der Waals surface area contributed by atoms with Crippen LogP contribution in [0.4, 0.5) is 17.1 Å². The van der Waals surface area contributed by atoms with Crippen LogP contribution in [0.25, 0.3) is 76.9 Å². The fourth-order valence-corrected chi connectivity index (χ4v) is 8.39. The van der Waals surface area contributed by atoms with Crippen LogP contribution in [-0.4, -0.2) is 0 Å². The summed E-state index contributed by atoms with van der Waals surface area (Å²) in [4.78, 5) is 2.39. The van der Waals surface area contributed by atoms with Gasteiger partial charge in [0.1, 0.15) is 11.2 Å². The van der Waals surface area contributed by atoms with E-state index in [-0.39, 0.29) is 5.41 Å². The molecular formula is C54H41NO. The molecule has 0 unspecified atom stereocenters. The van der Waals surface area contributed by atoms with E-state index in [4.69, 9.17) is 4.42 Å². The first-order chi connectivity index (χ1) is 27.4. The first-order valence-electron chi connectivity index (χ1n) is 19.4. The molecule has 0 aliphatic rings. The van der Waals surface area contributed by atoms with E-state index in [1.165, 1.54) is 49.4 Å². The Morgan fingerprint density at radius 2 is 0.893 bits per heavy atom. The summed E-state index contributed by atoms with van der Waals surface area (Å²) in [6, 6.07) is 70.2. The number of furan rings is 1.